The van der Waals surface area contributed by atoms with Crippen molar-refractivity contribution in [3.63, 3.8) is 0 Å². The van der Waals surface area contributed by atoms with Gasteiger partial charge in [-0.15, -0.1) is 0 Å². The van der Waals surface area contributed by atoms with E-state index in [1.54, 1.807) is 0 Å². The van der Waals surface area contributed by atoms with Crippen LogP contribution in [-0.4, -0.2) is 30.3 Å². The van der Waals surface area contributed by atoms with E-state index >= 15 is 0 Å². The minimum absolute atomic E-state index is 0.144. The Morgan fingerprint density at radius 3 is 1.59 bits per heavy atom. The molecule has 3 rings (SSSR count). The molecule has 0 atom stereocenters. The fourth-order valence-electron chi connectivity index (χ4n) is 3.01. The number of rotatable bonds is 7. The summed E-state index contributed by atoms with van der Waals surface area (Å²) in [7, 11) is 3.78. The molecule has 0 spiro atoms. The van der Waals surface area contributed by atoms with Crippen LogP contribution in [0.4, 0.5) is 17.6 Å². The topological polar surface area (TPSA) is 75.4 Å². The number of nitrogens with zero attached hydrogens (tertiary/aromatic N) is 4. The number of nitrogen functional groups attached to an aromatic ring is 1. The van der Waals surface area contributed by atoms with E-state index in [2.05, 4.69) is 9.97 Å². The van der Waals surface area contributed by atoms with Crippen LogP contribution in [0.2, 0.25) is 0 Å². The SMILES string of the molecule is CN(Cc1ccccc1)c1nc(N)nc(N(C)Cc2ccccc2)c1C=O. The third-order valence-electron chi connectivity index (χ3n) is 4.29. The van der Waals surface area contributed by atoms with Gasteiger partial charge in [-0.2, -0.15) is 9.97 Å². The molecule has 0 bridgehead atoms. The first-order chi connectivity index (χ1) is 13.1. The summed E-state index contributed by atoms with van der Waals surface area (Å²) in [5.74, 6) is 1.19. The summed E-state index contributed by atoms with van der Waals surface area (Å²) in [4.78, 5) is 24.4. The normalized spacial score (nSPS) is 10.4. The molecule has 6 nitrogen and oxygen atoms in total. The molecule has 1 heterocycles. The molecule has 0 radical (unpaired) electrons. The van der Waals surface area contributed by atoms with E-state index in [1.165, 1.54) is 0 Å². The van der Waals surface area contributed by atoms with Crippen LogP contribution in [0.15, 0.2) is 60.7 Å². The van der Waals surface area contributed by atoms with Gasteiger partial charge in [-0.1, -0.05) is 60.7 Å². The van der Waals surface area contributed by atoms with E-state index in [1.807, 2.05) is 84.6 Å². The quantitative estimate of drug-likeness (QED) is 0.652. The number of carbonyl (C=O) groups is 1. The minimum Gasteiger partial charge on any atom is -0.368 e. The molecule has 0 aliphatic rings. The number of nitrogens with two attached hydrogens (primary N) is 1. The summed E-state index contributed by atoms with van der Waals surface area (Å²) in [6, 6.07) is 20.0. The highest BCUT2D eigenvalue weighted by atomic mass is 16.1. The first kappa shape index (κ1) is 18.4. The number of hydrogen-bond donors (Lipinski definition) is 1. The van der Waals surface area contributed by atoms with Crippen molar-refractivity contribution >= 4 is 23.9 Å². The van der Waals surface area contributed by atoms with Crippen LogP contribution in [-0.2, 0) is 13.1 Å². The maximum atomic E-state index is 11.9. The van der Waals surface area contributed by atoms with E-state index in [4.69, 9.17) is 5.73 Å². The predicted molar refractivity (Wildman–Crippen MR) is 109 cm³/mol. The van der Waals surface area contributed by atoms with Gasteiger partial charge in [-0.3, -0.25) is 4.79 Å². The largest absolute Gasteiger partial charge is 0.368 e. The number of benzene rings is 2. The Kier molecular flexibility index (Phi) is 5.66. The standard InChI is InChI=1S/C21H23N5O/c1-25(13-16-9-5-3-6-10-16)19-18(15-27)20(24-21(22)23-19)26(2)14-17-11-7-4-8-12-17/h3-12,15H,13-14H2,1-2H3,(H2,22,23,24). The summed E-state index contributed by atoms with van der Waals surface area (Å²) >= 11 is 0. The zero-order chi connectivity index (χ0) is 19.2. The number of aldehydes is 1. The molecule has 3 aromatic rings. The molecule has 138 valence electrons. The summed E-state index contributed by atoms with van der Waals surface area (Å²) < 4.78 is 0. The second kappa shape index (κ2) is 8.31. The Morgan fingerprint density at radius 2 is 1.22 bits per heavy atom. The van der Waals surface area contributed by atoms with Crippen LogP contribution in [0.1, 0.15) is 21.5 Å². The predicted octanol–water partition coefficient (Wildman–Crippen LogP) is 3.14. The molecule has 6 heteroatoms. The summed E-state index contributed by atoms with van der Waals surface area (Å²) in [6.45, 7) is 1.22. The number of hydrogen-bond acceptors (Lipinski definition) is 6. The molecular formula is C21H23N5O. The van der Waals surface area contributed by atoms with E-state index in [-0.39, 0.29) is 5.95 Å². The van der Waals surface area contributed by atoms with Gasteiger partial charge in [-0.25, -0.2) is 0 Å². The van der Waals surface area contributed by atoms with Gasteiger partial charge >= 0.3 is 0 Å². The molecule has 0 unspecified atom stereocenters. The maximum Gasteiger partial charge on any atom is 0.223 e. The fraction of sp³-hybridized carbons (Fsp3) is 0.190. The van der Waals surface area contributed by atoms with Gasteiger partial charge in [0.05, 0.1) is 5.56 Å². The van der Waals surface area contributed by atoms with E-state index in [0.29, 0.717) is 30.3 Å². The third-order valence-corrected chi connectivity index (χ3v) is 4.29. The lowest BCUT2D eigenvalue weighted by Gasteiger charge is -2.25. The highest BCUT2D eigenvalue weighted by Gasteiger charge is 2.19. The van der Waals surface area contributed by atoms with Gasteiger partial charge in [0.1, 0.15) is 11.6 Å². The van der Waals surface area contributed by atoms with E-state index < -0.39 is 0 Å². The van der Waals surface area contributed by atoms with Crippen molar-refractivity contribution in [2.24, 2.45) is 0 Å². The average Bonchev–Trinajstić information content (AvgIpc) is 2.68. The smallest absolute Gasteiger partial charge is 0.223 e. The third kappa shape index (κ3) is 4.41. The Morgan fingerprint density at radius 1 is 0.815 bits per heavy atom. The molecule has 1 aromatic heterocycles. The van der Waals surface area contributed by atoms with Crippen LogP contribution in [0.3, 0.4) is 0 Å². The molecule has 27 heavy (non-hydrogen) atoms. The van der Waals surface area contributed by atoms with Gasteiger partial charge in [0, 0.05) is 27.2 Å². The molecule has 0 saturated heterocycles. The number of carbonyl (C=O) groups excluding carboxylic acids is 1. The van der Waals surface area contributed by atoms with Crippen LogP contribution >= 0.6 is 0 Å². The summed E-state index contributed by atoms with van der Waals surface area (Å²) in [6.07, 6.45) is 0.799. The van der Waals surface area contributed by atoms with Crippen molar-refractivity contribution in [3.05, 3.63) is 77.4 Å². The molecule has 0 amide bonds. The van der Waals surface area contributed by atoms with Crippen LogP contribution in [0.5, 0.6) is 0 Å². The zero-order valence-electron chi connectivity index (χ0n) is 15.5. The molecule has 0 fully saturated rings. The van der Waals surface area contributed by atoms with Crippen LogP contribution < -0.4 is 15.5 Å². The molecule has 0 aliphatic heterocycles. The van der Waals surface area contributed by atoms with Crippen molar-refractivity contribution in [1.29, 1.82) is 0 Å². The Bertz CT molecular complexity index is 830. The lowest BCUT2D eigenvalue weighted by molar-refractivity contribution is 0.112. The zero-order valence-corrected chi connectivity index (χ0v) is 15.5. The molecule has 2 aromatic carbocycles. The lowest BCUT2D eigenvalue weighted by atomic mass is 10.2. The lowest BCUT2D eigenvalue weighted by Crippen LogP contribution is -2.25. The first-order valence-corrected chi connectivity index (χ1v) is 8.71. The summed E-state index contributed by atoms with van der Waals surface area (Å²) in [5.41, 5.74) is 8.62. The average molecular weight is 361 g/mol. The minimum atomic E-state index is 0.144. The maximum absolute atomic E-state index is 11.9. The Balaban J connectivity index is 1.92. The molecule has 0 saturated carbocycles. The first-order valence-electron chi connectivity index (χ1n) is 8.71. The fourth-order valence-corrected chi connectivity index (χ4v) is 3.01. The monoisotopic (exact) mass is 361 g/mol. The van der Waals surface area contributed by atoms with Gasteiger partial charge in [0.25, 0.3) is 0 Å². The Labute approximate surface area is 159 Å². The number of anilines is 3. The van der Waals surface area contributed by atoms with Crippen LogP contribution in [0, 0.1) is 0 Å². The van der Waals surface area contributed by atoms with Crippen LogP contribution in [0.25, 0.3) is 0 Å². The second-order valence-corrected chi connectivity index (χ2v) is 6.44. The highest BCUT2D eigenvalue weighted by Crippen LogP contribution is 2.27. The van der Waals surface area contributed by atoms with Gasteiger partial charge in [0.15, 0.2) is 6.29 Å². The van der Waals surface area contributed by atoms with Crippen molar-refractivity contribution in [2.45, 2.75) is 13.1 Å². The van der Waals surface area contributed by atoms with Crippen molar-refractivity contribution in [1.82, 2.24) is 9.97 Å². The van der Waals surface area contributed by atoms with Gasteiger partial charge < -0.3 is 15.5 Å². The highest BCUT2D eigenvalue weighted by molar-refractivity contribution is 5.90. The van der Waals surface area contributed by atoms with Crippen molar-refractivity contribution in [2.75, 3.05) is 29.6 Å². The van der Waals surface area contributed by atoms with Crippen molar-refractivity contribution < 1.29 is 4.79 Å². The van der Waals surface area contributed by atoms with Gasteiger partial charge in [-0.05, 0) is 11.1 Å². The molecule has 2 N–H and O–H groups in total. The summed E-state index contributed by atoms with van der Waals surface area (Å²) in [5, 5.41) is 0. The second-order valence-electron chi connectivity index (χ2n) is 6.44. The molecular weight excluding hydrogens is 338 g/mol. The number of aromatic nitrogens is 2. The van der Waals surface area contributed by atoms with E-state index in [0.717, 1.165) is 17.4 Å². The van der Waals surface area contributed by atoms with Crippen molar-refractivity contribution in [3.8, 4) is 0 Å². The van der Waals surface area contributed by atoms with E-state index in [9.17, 15) is 4.79 Å². The van der Waals surface area contributed by atoms with Gasteiger partial charge in [0.2, 0.25) is 5.95 Å². The Hall–Kier alpha value is -3.41. The molecule has 0 aliphatic carbocycles.